The zero-order chi connectivity index (χ0) is 7.68. The molecule has 0 unspecified atom stereocenters. The van der Waals surface area contributed by atoms with E-state index < -0.39 is 0 Å². The summed E-state index contributed by atoms with van der Waals surface area (Å²) in [4.78, 5) is 8.34. The summed E-state index contributed by atoms with van der Waals surface area (Å²) in [6.45, 7) is 2.71. The molecule has 0 saturated carbocycles. The van der Waals surface area contributed by atoms with E-state index in [1.165, 1.54) is 0 Å². The quantitative estimate of drug-likeness (QED) is 0.451. The van der Waals surface area contributed by atoms with Gasteiger partial charge < -0.3 is 9.72 Å². The maximum absolute atomic E-state index is 5.30. The van der Waals surface area contributed by atoms with Gasteiger partial charge in [0.1, 0.15) is 6.61 Å². The van der Waals surface area contributed by atoms with Crippen LogP contribution < -0.4 is 34.5 Å². The van der Waals surface area contributed by atoms with E-state index in [2.05, 4.69) is 9.98 Å². The van der Waals surface area contributed by atoms with Crippen molar-refractivity contribution in [3.8, 4) is 0 Å². The van der Waals surface area contributed by atoms with Crippen molar-refractivity contribution >= 4 is 5.90 Å². The number of hydrogen-bond donors (Lipinski definition) is 0. The normalized spacial score (nSPS) is 21.1. The second kappa shape index (κ2) is 4.12. The summed E-state index contributed by atoms with van der Waals surface area (Å²) in [5.41, 5.74) is 0.842. The molecule has 0 amide bonds. The fraction of sp³-hybridized carbons (Fsp3) is 0.375. The molecule has 3 nitrogen and oxygen atoms in total. The molecule has 0 aromatic carbocycles. The number of ether oxygens (including phenoxy) is 1. The first-order valence-corrected chi connectivity index (χ1v) is 3.65. The number of aliphatic imine (C=N–C) groups is 1. The van der Waals surface area contributed by atoms with Crippen molar-refractivity contribution in [1.29, 1.82) is 0 Å². The fourth-order valence-electron chi connectivity index (χ4n) is 1.04. The van der Waals surface area contributed by atoms with Crippen molar-refractivity contribution in [2.45, 2.75) is 13.0 Å². The minimum atomic E-state index is 0. The van der Waals surface area contributed by atoms with E-state index in [1.807, 2.05) is 19.1 Å². The third-order valence-electron chi connectivity index (χ3n) is 1.57. The van der Waals surface area contributed by atoms with Crippen molar-refractivity contribution in [1.82, 2.24) is 4.98 Å². The van der Waals surface area contributed by atoms with Crippen LogP contribution in [0.5, 0.6) is 0 Å². The molecule has 1 aliphatic heterocycles. The van der Waals surface area contributed by atoms with E-state index >= 15 is 0 Å². The number of nitrogens with zero attached hydrogens (tertiary/aromatic N) is 2. The van der Waals surface area contributed by atoms with Crippen LogP contribution >= 0.6 is 0 Å². The number of aromatic nitrogens is 1. The molecule has 0 aliphatic carbocycles. The Morgan fingerprint density at radius 3 is 3.00 bits per heavy atom. The van der Waals surface area contributed by atoms with Crippen LogP contribution in [0.4, 0.5) is 0 Å². The minimum absolute atomic E-state index is 0. The predicted octanol–water partition coefficient (Wildman–Crippen LogP) is -2.19. The molecule has 4 heteroatoms. The minimum Gasteiger partial charge on any atom is -0.660 e. The van der Waals surface area contributed by atoms with Gasteiger partial charge >= 0.3 is 29.6 Å². The third-order valence-corrected chi connectivity index (χ3v) is 1.57. The van der Waals surface area contributed by atoms with E-state index in [1.54, 1.807) is 6.20 Å². The Labute approximate surface area is 93.5 Å². The fourth-order valence-corrected chi connectivity index (χ4v) is 1.04. The first-order chi connectivity index (χ1) is 5.36. The molecule has 2 heterocycles. The average Bonchev–Trinajstić information content (AvgIpc) is 2.55. The largest absolute Gasteiger partial charge is 1.00 e. The van der Waals surface area contributed by atoms with Crippen molar-refractivity contribution in [2.24, 2.45) is 4.99 Å². The van der Waals surface area contributed by atoms with Crippen molar-refractivity contribution < 1.29 is 34.3 Å². The van der Waals surface area contributed by atoms with E-state index in [0.717, 1.165) is 5.69 Å². The molecule has 2 rings (SSSR count). The van der Waals surface area contributed by atoms with E-state index in [-0.39, 0.29) is 35.6 Å². The Balaban J connectivity index is 0.000000720. The molecule has 0 radical (unpaired) electrons. The van der Waals surface area contributed by atoms with Gasteiger partial charge in [0.05, 0.1) is 6.04 Å². The second-order valence-corrected chi connectivity index (χ2v) is 2.62. The van der Waals surface area contributed by atoms with E-state index in [0.29, 0.717) is 12.5 Å². The molecule has 0 spiro atoms. The molecule has 1 atom stereocenters. The molecule has 58 valence electrons. The van der Waals surface area contributed by atoms with Crippen molar-refractivity contribution in [3.05, 3.63) is 24.0 Å². The monoisotopic (exact) mass is 172 g/mol. The SMILES string of the molecule is C[C@H]1COC(c2ccc[n-]2)=N1.[Na+]. The van der Waals surface area contributed by atoms with Gasteiger partial charge in [0.25, 0.3) is 0 Å². The molecular formula is C8H9N2NaO. The van der Waals surface area contributed by atoms with Gasteiger partial charge in [-0.15, -0.1) is 0 Å². The molecule has 0 fully saturated rings. The van der Waals surface area contributed by atoms with Gasteiger partial charge in [-0.1, -0.05) is 17.8 Å². The first kappa shape index (κ1) is 9.84. The second-order valence-electron chi connectivity index (χ2n) is 2.62. The standard InChI is InChI=1S/C8H9N2O.Na/c1-6-5-11-8(10-6)7-3-2-4-9-7;/h2-4,6H,5H2,1H3;/q-1;+1/t6-;/m0./s1. The van der Waals surface area contributed by atoms with Gasteiger partial charge in [0.15, 0.2) is 5.90 Å². The predicted molar refractivity (Wildman–Crippen MR) is 41.7 cm³/mol. The van der Waals surface area contributed by atoms with Crippen LogP contribution in [-0.4, -0.2) is 18.5 Å². The Bertz CT molecular complexity index is 269. The van der Waals surface area contributed by atoms with E-state index in [9.17, 15) is 0 Å². The maximum Gasteiger partial charge on any atom is 1.00 e. The molecule has 1 aliphatic rings. The zero-order valence-corrected chi connectivity index (χ0v) is 9.32. The van der Waals surface area contributed by atoms with Crippen LogP contribution in [0.15, 0.2) is 23.3 Å². The summed E-state index contributed by atoms with van der Waals surface area (Å²) in [5, 5.41) is 0. The molecular weight excluding hydrogens is 163 g/mol. The molecule has 12 heavy (non-hydrogen) atoms. The van der Waals surface area contributed by atoms with E-state index in [4.69, 9.17) is 4.74 Å². The van der Waals surface area contributed by atoms with Crippen LogP contribution in [0.3, 0.4) is 0 Å². The van der Waals surface area contributed by atoms with Gasteiger partial charge in [0, 0.05) is 0 Å². The third kappa shape index (κ3) is 1.91. The van der Waals surface area contributed by atoms with Crippen LogP contribution in [0.25, 0.3) is 0 Å². The maximum atomic E-state index is 5.30. The summed E-state index contributed by atoms with van der Waals surface area (Å²) in [6.07, 6.45) is 1.74. The summed E-state index contributed by atoms with van der Waals surface area (Å²) in [7, 11) is 0. The van der Waals surface area contributed by atoms with Gasteiger partial charge in [0.2, 0.25) is 0 Å². The summed E-state index contributed by atoms with van der Waals surface area (Å²) < 4.78 is 5.30. The van der Waals surface area contributed by atoms with Crippen LogP contribution in [0, 0.1) is 0 Å². The summed E-state index contributed by atoms with van der Waals surface area (Å²) in [6, 6.07) is 4.06. The molecule has 1 aromatic rings. The van der Waals surface area contributed by atoms with Gasteiger partial charge in [-0.2, -0.15) is 6.20 Å². The first-order valence-electron chi connectivity index (χ1n) is 3.65. The van der Waals surface area contributed by atoms with Gasteiger partial charge in [-0.05, 0) is 6.92 Å². The molecule has 0 saturated heterocycles. The van der Waals surface area contributed by atoms with Crippen molar-refractivity contribution in [3.63, 3.8) is 0 Å². The molecule has 0 N–H and O–H groups in total. The van der Waals surface area contributed by atoms with Crippen molar-refractivity contribution in [2.75, 3.05) is 6.61 Å². The molecule has 0 bridgehead atoms. The molecule has 1 aromatic heterocycles. The van der Waals surface area contributed by atoms with Crippen LogP contribution in [-0.2, 0) is 4.74 Å². The van der Waals surface area contributed by atoms with Crippen LogP contribution in [0.1, 0.15) is 12.6 Å². The van der Waals surface area contributed by atoms with Gasteiger partial charge in [-0.25, -0.2) is 4.99 Å². The Morgan fingerprint density at radius 1 is 1.67 bits per heavy atom. The van der Waals surface area contributed by atoms with Gasteiger partial charge in [-0.3, -0.25) is 0 Å². The zero-order valence-electron chi connectivity index (χ0n) is 7.32. The summed E-state index contributed by atoms with van der Waals surface area (Å²) in [5.74, 6) is 0.683. The smallest absolute Gasteiger partial charge is 0.660 e. The average molecular weight is 172 g/mol. The topological polar surface area (TPSA) is 35.7 Å². The Kier molecular flexibility index (Phi) is 3.38. The summed E-state index contributed by atoms with van der Waals surface area (Å²) >= 11 is 0. The Hall–Kier alpha value is -0.250. The number of rotatable bonds is 1. The van der Waals surface area contributed by atoms with Crippen LogP contribution in [0.2, 0.25) is 0 Å². The number of hydrogen-bond acceptors (Lipinski definition) is 2. The Morgan fingerprint density at radius 2 is 2.50 bits per heavy atom.